The first-order valence-corrected chi connectivity index (χ1v) is 9.33. The van der Waals surface area contributed by atoms with Crippen molar-refractivity contribution in [1.29, 1.82) is 0 Å². The molecule has 5 nitrogen and oxygen atoms in total. The predicted molar refractivity (Wildman–Crippen MR) is 89.5 cm³/mol. The maximum Gasteiger partial charge on any atom is 0.285 e. The zero-order chi connectivity index (χ0) is 16.2. The monoisotopic (exact) mass is 323 g/mol. The number of rotatable bonds is 4. The third kappa shape index (κ3) is 3.80. The quantitative estimate of drug-likeness (QED) is 0.631. The number of hydrogen-bond donors (Lipinski definition) is 0. The van der Waals surface area contributed by atoms with E-state index in [1.165, 1.54) is 0 Å². The van der Waals surface area contributed by atoms with Gasteiger partial charge in [0.05, 0.1) is 4.90 Å². The normalized spacial score (nSPS) is 16.1. The third-order valence-corrected chi connectivity index (χ3v) is 5.23. The molecule has 1 fully saturated rings. The molecule has 0 spiro atoms. The van der Waals surface area contributed by atoms with Crippen LogP contribution in [0.2, 0.25) is 0 Å². The second-order valence-corrected chi connectivity index (χ2v) is 7.15. The van der Waals surface area contributed by atoms with Gasteiger partial charge in [-0.15, -0.1) is 4.40 Å². The van der Waals surface area contributed by atoms with E-state index in [4.69, 9.17) is 0 Å². The summed E-state index contributed by atoms with van der Waals surface area (Å²) in [5.41, 5.74) is 1.03. The Morgan fingerprint density at radius 2 is 1.68 bits per heavy atom. The molecule has 122 valence electrons. The van der Waals surface area contributed by atoms with Crippen LogP contribution in [-0.2, 0) is 10.0 Å². The van der Waals surface area contributed by atoms with Gasteiger partial charge >= 0.3 is 0 Å². The second kappa shape index (κ2) is 7.13. The molecule has 0 aliphatic carbocycles. The van der Waals surface area contributed by atoms with Crippen LogP contribution in [0, 0.1) is 6.92 Å². The number of likely N-dealkylation sites (tertiary alicyclic amines) is 1. The van der Waals surface area contributed by atoms with E-state index in [1.807, 2.05) is 25.7 Å². The average molecular weight is 323 g/mol. The second-order valence-electron chi connectivity index (χ2n) is 5.55. The van der Waals surface area contributed by atoms with E-state index in [0.29, 0.717) is 5.96 Å². The van der Waals surface area contributed by atoms with Crippen molar-refractivity contribution in [3.05, 3.63) is 29.8 Å². The van der Waals surface area contributed by atoms with Crippen LogP contribution in [0.3, 0.4) is 0 Å². The van der Waals surface area contributed by atoms with Crippen molar-refractivity contribution < 1.29 is 8.42 Å². The summed E-state index contributed by atoms with van der Waals surface area (Å²) in [6.45, 7) is 9.22. The van der Waals surface area contributed by atoms with Crippen LogP contribution < -0.4 is 0 Å². The van der Waals surface area contributed by atoms with Crippen LogP contribution in [0.15, 0.2) is 33.6 Å². The topological polar surface area (TPSA) is 53.0 Å². The van der Waals surface area contributed by atoms with Crippen LogP contribution in [0.5, 0.6) is 0 Å². The molecule has 22 heavy (non-hydrogen) atoms. The van der Waals surface area contributed by atoms with Crippen LogP contribution in [-0.4, -0.2) is 50.4 Å². The molecular formula is C16H25N3O2S. The van der Waals surface area contributed by atoms with Gasteiger partial charge in [-0.25, -0.2) is 0 Å². The van der Waals surface area contributed by atoms with Gasteiger partial charge in [0.2, 0.25) is 5.96 Å². The minimum Gasteiger partial charge on any atom is -0.342 e. The first kappa shape index (κ1) is 16.8. The first-order chi connectivity index (χ1) is 10.5. The van der Waals surface area contributed by atoms with E-state index in [2.05, 4.69) is 9.30 Å². The summed E-state index contributed by atoms with van der Waals surface area (Å²) in [5, 5.41) is 0. The highest BCUT2D eigenvalue weighted by Crippen LogP contribution is 2.17. The minimum atomic E-state index is -3.67. The van der Waals surface area contributed by atoms with E-state index in [-0.39, 0.29) is 4.90 Å². The maximum absolute atomic E-state index is 12.6. The molecule has 1 aromatic rings. The maximum atomic E-state index is 12.6. The lowest BCUT2D eigenvalue weighted by atomic mass is 10.2. The Kier molecular flexibility index (Phi) is 5.45. The highest BCUT2D eigenvalue weighted by Gasteiger charge is 2.24. The Hall–Kier alpha value is -1.56. The summed E-state index contributed by atoms with van der Waals surface area (Å²) in [7, 11) is -3.67. The highest BCUT2D eigenvalue weighted by molar-refractivity contribution is 7.90. The molecular weight excluding hydrogens is 298 g/mol. The summed E-state index contributed by atoms with van der Waals surface area (Å²) < 4.78 is 29.4. The van der Waals surface area contributed by atoms with Gasteiger partial charge in [-0.2, -0.15) is 8.42 Å². The predicted octanol–water partition coefficient (Wildman–Crippen LogP) is 2.48. The van der Waals surface area contributed by atoms with Crippen LogP contribution >= 0.6 is 0 Å². The first-order valence-electron chi connectivity index (χ1n) is 7.89. The lowest BCUT2D eigenvalue weighted by molar-refractivity contribution is 0.371. The third-order valence-electron chi connectivity index (χ3n) is 3.96. The van der Waals surface area contributed by atoms with E-state index in [1.54, 1.807) is 24.3 Å². The van der Waals surface area contributed by atoms with E-state index in [9.17, 15) is 8.42 Å². The van der Waals surface area contributed by atoms with Crippen molar-refractivity contribution in [2.75, 3.05) is 26.2 Å². The van der Waals surface area contributed by atoms with Gasteiger partial charge in [0.1, 0.15) is 0 Å². The molecule has 0 saturated carbocycles. The van der Waals surface area contributed by atoms with Gasteiger partial charge in [-0.3, -0.25) is 0 Å². The fourth-order valence-corrected chi connectivity index (χ4v) is 3.64. The summed E-state index contributed by atoms with van der Waals surface area (Å²) in [4.78, 5) is 4.34. The van der Waals surface area contributed by atoms with Crippen LogP contribution in [0.4, 0.5) is 0 Å². The number of sulfonamides is 1. The molecule has 0 atom stereocenters. The fourth-order valence-electron chi connectivity index (χ4n) is 2.61. The lowest BCUT2D eigenvalue weighted by Crippen LogP contribution is -2.43. The van der Waals surface area contributed by atoms with E-state index < -0.39 is 10.0 Å². The molecule has 1 aromatic carbocycles. The Morgan fingerprint density at radius 1 is 1.14 bits per heavy atom. The number of hydrogen-bond acceptors (Lipinski definition) is 2. The molecule has 6 heteroatoms. The summed E-state index contributed by atoms with van der Waals surface area (Å²) in [6.07, 6.45) is 2.18. The smallest absolute Gasteiger partial charge is 0.285 e. The minimum absolute atomic E-state index is 0.252. The largest absolute Gasteiger partial charge is 0.342 e. The zero-order valence-electron chi connectivity index (χ0n) is 13.6. The molecule has 1 aliphatic rings. The van der Waals surface area contributed by atoms with Crippen molar-refractivity contribution >= 4 is 16.0 Å². The van der Waals surface area contributed by atoms with Gasteiger partial charge in [0.25, 0.3) is 10.0 Å². The number of nitrogens with zero attached hydrogens (tertiary/aromatic N) is 3. The molecule has 1 heterocycles. The molecule has 0 N–H and O–H groups in total. The van der Waals surface area contributed by atoms with Gasteiger partial charge in [0.15, 0.2) is 0 Å². The van der Waals surface area contributed by atoms with Crippen LogP contribution in [0.25, 0.3) is 0 Å². The molecule has 0 unspecified atom stereocenters. The summed E-state index contributed by atoms with van der Waals surface area (Å²) in [6, 6.07) is 6.85. The van der Waals surface area contributed by atoms with E-state index >= 15 is 0 Å². The number of aryl methyl sites for hydroxylation is 1. The van der Waals surface area contributed by atoms with Gasteiger partial charge < -0.3 is 9.80 Å². The Morgan fingerprint density at radius 3 is 2.18 bits per heavy atom. The molecule has 1 saturated heterocycles. The molecule has 0 bridgehead atoms. The zero-order valence-corrected chi connectivity index (χ0v) is 14.4. The standard InChI is InChI=1S/C16H25N3O2S/c1-4-18(5-2)16(19-12-6-7-13-19)17-22(20,21)15-10-8-14(3)9-11-15/h8-11H,4-7,12-13H2,1-3H3/b17-16-. The van der Waals surface area contributed by atoms with Crippen LogP contribution in [0.1, 0.15) is 32.3 Å². The summed E-state index contributed by atoms with van der Waals surface area (Å²) >= 11 is 0. The molecule has 0 radical (unpaired) electrons. The van der Waals surface area contributed by atoms with Gasteiger partial charge in [-0.05, 0) is 45.7 Å². The average Bonchev–Trinajstić information content (AvgIpc) is 3.02. The molecule has 0 amide bonds. The number of guanidine groups is 1. The fraction of sp³-hybridized carbons (Fsp3) is 0.562. The molecule has 1 aliphatic heterocycles. The molecule has 2 rings (SSSR count). The number of benzene rings is 1. The SMILES string of the molecule is CCN(CC)/C(=N/S(=O)(=O)c1ccc(C)cc1)N1CCCC1. The molecule has 0 aromatic heterocycles. The Labute approximate surface area is 133 Å². The summed E-state index contributed by atoms with van der Waals surface area (Å²) in [5.74, 6) is 0.586. The van der Waals surface area contributed by atoms with Gasteiger partial charge in [-0.1, -0.05) is 17.7 Å². The van der Waals surface area contributed by atoms with Gasteiger partial charge in [0, 0.05) is 26.2 Å². The van der Waals surface area contributed by atoms with Crippen molar-refractivity contribution in [1.82, 2.24) is 9.80 Å². The van der Waals surface area contributed by atoms with E-state index in [0.717, 1.165) is 44.6 Å². The van der Waals surface area contributed by atoms with Crippen molar-refractivity contribution in [3.63, 3.8) is 0 Å². The van der Waals surface area contributed by atoms with Crippen molar-refractivity contribution in [2.24, 2.45) is 4.40 Å². The Bertz CT molecular complexity index is 609. The van der Waals surface area contributed by atoms with Crippen molar-refractivity contribution in [2.45, 2.75) is 38.5 Å². The Balaban J connectivity index is 2.40. The highest BCUT2D eigenvalue weighted by atomic mass is 32.2. The van der Waals surface area contributed by atoms with Crippen molar-refractivity contribution in [3.8, 4) is 0 Å². The lowest BCUT2D eigenvalue weighted by Gasteiger charge is -2.29.